The summed E-state index contributed by atoms with van der Waals surface area (Å²) in [7, 11) is -2.30. The maximum Gasteiger partial charge on any atom is 0.524 e. The normalized spacial score (nSPS) is 14.1. The molecule has 0 aliphatic rings. The lowest BCUT2D eigenvalue weighted by atomic mass is 10.2. The standard InChI is InChI=1S/C10H21N2O4P/c1-10(2,3)16-9(13)12-7-5-4-6-8(11)17(14)15/h8H,4-7,11H2,1-3H3,(H-,12,13,14,15)/p+1. The van der Waals surface area contributed by atoms with Gasteiger partial charge in [0, 0.05) is 13.0 Å². The predicted octanol–water partition coefficient (Wildman–Crippen LogP) is 1.70. The van der Waals surface area contributed by atoms with Crippen molar-refractivity contribution in [1.29, 1.82) is 0 Å². The molecule has 0 aromatic heterocycles. The van der Waals surface area contributed by atoms with Crippen LogP contribution >= 0.6 is 8.03 Å². The van der Waals surface area contributed by atoms with E-state index in [1.807, 2.05) is 0 Å². The van der Waals surface area contributed by atoms with E-state index in [4.69, 9.17) is 15.4 Å². The molecule has 0 aliphatic heterocycles. The number of carbonyl (C=O) groups excluding carboxylic acids is 1. The van der Waals surface area contributed by atoms with Gasteiger partial charge in [-0.3, -0.25) is 5.73 Å². The first-order valence-corrected chi connectivity index (χ1v) is 6.88. The van der Waals surface area contributed by atoms with Crippen LogP contribution in [0.4, 0.5) is 4.79 Å². The lowest BCUT2D eigenvalue weighted by Crippen LogP contribution is -2.33. The first-order chi connectivity index (χ1) is 7.72. The fourth-order valence-electron chi connectivity index (χ4n) is 1.09. The molecule has 0 fully saturated rings. The van der Waals surface area contributed by atoms with Crippen molar-refractivity contribution in [2.75, 3.05) is 6.54 Å². The number of unbranched alkanes of at least 4 members (excludes halogenated alkanes) is 1. The number of nitrogens with two attached hydrogens (primary N) is 1. The Kier molecular flexibility index (Phi) is 7.27. The monoisotopic (exact) mass is 265 g/mol. The molecule has 0 heterocycles. The summed E-state index contributed by atoms with van der Waals surface area (Å²) in [6.45, 7) is 5.86. The van der Waals surface area contributed by atoms with Crippen LogP contribution in [-0.4, -0.2) is 28.9 Å². The van der Waals surface area contributed by atoms with Crippen molar-refractivity contribution in [3.05, 3.63) is 0 Å². The van der Waals surface area contributed by atoms with Crippen LogP contribution in [0.1, 0.15) is 40.0 Å². The zero-order chi connectivity index (χ0) is 13.5. The van der Waals surface area contributed by atoms with Crippen LogP contribution in [0.25, 0.3) is 0 Å². The zero-order valence-electron chi connectivity index (χ0n) is 10.6. The van der Waals surface area contributed by atoms with Crippen LogP contribution < -0.4 is 11.1 Å². The number of carbonyl (C=O) groups is 1. The Labute approximate surface area is 103 Å². The number of nitrogens with one attached hydrogen (secondary N) is 1. The number of alkyl carbamates (subject to hydrolysis) is 1. The Balaban J connectivity index is 3.52. The fraction of sp³-hybridized carbons (Fsp3) is 0.900. The second-order valence-electron chi connectivity index (χ2n) is 4.79. The average Bonchev–Trinajstić information content (AvgIpc) is 2.13. The Hall–Kier alpha value is -0.710. The molecular formula is C10H22N2O4P+. The quantitative estimate of drug-likeness (QED) is 0.501. The van der Waals surface area contributed by atoms with E-state index in [0.29, 0.717) is 25.8 Å². The van der Waals surface area contributed by atoms with Gasteiger partial charge in [0.1, 0.15) is 5.60 Å². The second-order valence-corrected chi connectivity index (χ2v) is 6.06. The molecule has 2 atom stereocenters. The molecule has 0 aromatic carbocycles. The van der Waals surface area contributed by atoms with Gasteiger partial charge in [-0.15, -0.1) is 0 Å². The second kappa shape index (κ2) is 7.58. The van der Waals surface area contributed by atoms with Gasteiger partial charge >= 0.3 is 14.1 Å². The highest BCUT2D eigenvalue weighted by Gasteiger charge is 2.22. The highest BCUT2D eigenvalue weighted by molar-refractivity contribution is 7.38. The average molecular weight is 265 g/mol. The smallest absolute Gasteiger partial charge is 0.444 e. The first kappa shape index (κ1) is 16.3. The molecule has 17 heavy (non-hydrogen) atoms. The van der Waals surface area contributed by atoms with E-state index < -0.39 is 25.5 Å². The SMILES string of the molecule is CC(C)(C)OC(=O)NCCCCC(N)[P+](=O)O. The highest BCUT2D eigenvalue weighted by atomic mass is 31.1. The third-order valence-corrected chi connectivity index (χ3v) is 2.70. The minimum atomic E-state index is -2.30. The maximum absolute atomic E-state index is 11.2. The summed E-state index contributed by atoms with van der Waals surface area (Å²) in [5.41, 5.74) is 4.90. The van der Waals surface area contributed by atoms with Crippen molar-refractivity contribution in [2.24, 2.45) is 5.73 Å². The number of amides is 1. The van der Waals surface area contributed by atoms with Gasteiger partial charge in [-0.1, -0.05) is 0 Å². The number of hydrogen-bond acceptors (Lipinski definition) is 4. The summed E-state index contributed by atoms with van der Waals surface area (Å²) in [6.07, 6.45) is 1.42. The molecule has 0 saturated heterocycles. The molecule has 0 bridgehead atoms. The largest absolute Gasteiger partial charge is 0.524 e. The van der Waals surface area contributed by atoms with Crippen molar-refractivity contribution in [3.8, 4) is 0 Å². The minimum absolute atomic E-state index is 0.449. The van der Waals surface area contributed by atoms with E-state index in [1.54, 1.807) is 20.8 Å². The number of hydrogen-bond donors (Lipinski definition) is 3. The molecule has 0 aliphatic carbocycles. The summed E-state index contributed by atoms with van der Waals surface area (Å²) >= 11 is 0. The number of rotatable bonds is 6. The van der Waals surface area contributed by atoms with Gasteiger partial charge < -0.3 is 10.1 Å². The van der Waals surface area contributed by atoms with Gasteiger partial charge in [0.2, 0.25) is 5.78 Å². The molecule has 0 aromatic rings. The molecule has 100 valence electrons. The molecule has 7 heteroatoms. The Morgan fingerprint density at radius 1 is 1.47 bits per heavy atom. The van der Waals surface area contributed by atoms with Gasteiger partial charge in [-0.2, -0.15) is 4.89 Å². The van der Waals surface area contributed by atoms with Gasteiger partial charge in [-0.25, -0.2) is 4.79 Å². The Morgan fingerprint density at radius 3 is 2.53 bits per heavy atom. The van der Waals surface area contributed by atoms with Gasteiger partial charge in [0.05, 0.1) is 0 Å². The molecule has 4 N–H and O–H groups in total. The summed E-state index contributed by atoms with van der Waals surface area (Å²) in [5, 5.41) is 2.60. The van der Waals surface area contributed by atoms with E-state index in [0.717, 1.165) is 0 Å². The molecular weight excluding hydrogens is 243 g/mol. The first-order valence-electron chi connectivity index (χ1n) is 5.60. The van der Waals surface area contributed by atoms with Crippen LogP contribution in [0.3, 0.4) is 0 Å². The molecule has 1 amide bonds. The van der Waals surface area contributed by atoms with Crippen LogP contribution in [0.15, 0.2) is 0 Å². The molecule has 0 saturated carbocycles. The highest BCUT2D eigenvalue weighted by Crippen LogP contribution is 2.21. The van der Waals surface area contributed by atoms with Crippen molar-refractivity contribution >= 4 is 14.1 Å². The van der Waals surface area contributed by atoms with E-state index >= 15 is 0 Å². The third kappa shape index (κ3) is 10.2. The molecule has 2 unspecified atom stereocenters. The van der Waals surface area contributed by atoms with Crippen molar-refractivity contribution in [3.63, 3.8) is 0 Å². The van der Waals surface area contributed by atoms with Crippen molar-refractivity contribution < 1.29 is 19.0 Å². The van der Waals surface area contributed by atoms with Gasteiger partial charge in [-0.05, 0) is 38.2 Å². The predicted molar refractivity (Wildman–Crippen MR) is 65.9 cm³/mol. The van der Waals surface area contributed by atoms with E-state index in [9.17, 15) is 9.36 Å². The lowest BCUT2D eigenvalue weighted by Gasteiger charge is -2.19. The zero-order valence-corrected chi connectivity index (χ0v) is 11.5. The summed E-state index contributed by atoms with van der Waals surface area (Å²) in [5.74, 6) is -0.675. The van der Waals surface area contributed by atoms with Crippen LogP contribution in [0, 0.1) is 0 Å². The summed E-state index contributed by atoms with van der Waals surface area (Å²) in [6, 6.07) is 0. The Morgan fingerprint density at radius 2 is 2.06 bits per heavy atom. The van der Waals surface area contributed by atoms with Crippen molar-refractivity contribution in [1.82, 2.24) is 5.32 Å². The Bertz CT molecular complexity index is 266. The van der Waals surface area contributed by atoms with Crippen molar-refractivity contribution in [2.45, 2.75) is 51.4 Å². The number of ether oxygens (including phenoxy) is 1. The molecule has 0 spiro atoms. The van der Waals surface area contributed by atoms with E-state index in [2.05, 4.69) is 5.32 Å². The maximum atomic E-state index is 11.2. The third-order valence-electron chi connectivity index (χ3n) is 1.88. The van der Waals surface area contributed by atoms with E-state index in [-0.39, 0.29) is 0 Å². The van der Waals surface area contributed by atoms with Gasteiger partial charge in [0.15, 0.2) is 0 Å². The van der Waals surface area contributed by atoms with Gasteiger partial charge in [0.25, 0.3) is 0 Å². The molecule has 0 rings (SSSR count). The summed E-state index contributed by atoms with van der Waals surface area (Å²) in [4.78, 5) is 19.9. The van der Waals surface area contributed by atoms with Crippen LogP contribution in [-0.2, 0) is 9.30 Å². The van der Waals surface area contributed by atoms with Crippen LogP contribution in [0.2, 0.25) is 0 Å². The fourth-order valence-corrected chi connectivity index (χ4v) is 1.50. The van der Waals surface area contributed by atoms with Crippen LogP contribution in [0.5, 0.6) is 0 Å². The minimum Gasteiger partial charge on any atom is -0.444 e. The lowest BCUT2D eigenvalue weighted by molar-refractivity contribution is 0.0527. The molecule has 0 radical (unpaired) electrons. The molecule has 6 nitrogen and oxygen atoms in total. The van der Waals surface area contributed by atoms with E-state index in [1.165, 1.54) is 0 Å². The topological polar surface area (TPSA) is 102 Å². The summed E-state index contributed by atoms with van der Waals surface area (Å²) < 4.78 is 15.6.